The smallest absolute Gasteiger partial charge is 0.251 e. The van der Waals surface area contributed by atoms with Crippen molar-refractivity contribution in [1.29, 1.82) is 0 Å². The molecule has 0 radical (unpaired) electrons. The van der Waals surface area contributed by atoms with E-state index in [0.717, 1.165) is 3.57 Å². The first kappa shape index (κ1) is 12.4. The number of carbonyl (C=O) groups is 1. The van der Waals surface area contributed by atoms with E-state index in [4.69, 9.17) is 5.73 Å². The van der Waals surface area contributed by atoms with Crippen molar-refractivity contribution in [3.05, 3.63) is 32.9 Å². The molecule has 1 atom stereocenters. The number of hydrogen-bond donors (Lipinski definition) is 2. The van der Waals surface area contributed by atoms with E-state index in [1.54, 1.807) is 0 Å². The molecule has 1 rings (SSSR count). The summed E-state index contributed by atoms with van der Waals surface area (Å²) in [4.78, 5) is 11.7. The third kappa shape index (κ3) is 3.46. The van der Waals surface area contributed by atoms with Crippen LogP contribution < -0.4 is 11.1 Å². The molecule has 0 saturated heterocycles. The second kappa shape index (κ2) is 5.46. The zero-order valence-electron chi connectivity index (χ0n) is 8.88. The summed E-state index contributed by atoms with van der Waals surface area (Å²) in [6, 6.07) is 5.67. The van der Waals surface area contributed by atoms with Gasteiger partial charge < -0.3 is 11.1 Å². The van der Waals surface area contributed by atoms with Gasteiger partial charge in [-0.1, -0.05) is 6.07 Å². The highest BCUT2D eigenvalue weighted by atomic mass is 127. The summed E-state index contributed by atoms with van der Waals surface area (Å²) in [7, 11) is 0. The minimum Gasteiger partial charge on any atom is -0.348 e. The van der Waals surface area contributed by atoms with Crippen molar-refractivity contribution < 1.29 is 4.79 Å². The lowest BCUT2D eigenvalue weighted by Crippen LogP contribution is -2.37. The van der Waals surface area contributed by atoms with Crippen molar-refractivity contribution in [2.45, 2.75) is 19.9 Å². The number of rotatable bonds is 3. The van der Waals surface area contributed by atoms with E-state index in [0.29, 0.717) is 12.1 Å². The van der Waals surface area contributed by atoms with Crippen LogP contribution in [-0.2, 0) is 0 Å². The quantitative estimate of drug-likeness (QED) is 0.833. The highest BCUT2D eigenvalue weighted by Crippen LogP contribution is 2.13. The van der Waals surface area contributed by atoms with E-state index in [1.165, 1.54) is 5.56 Å². The van der Waals surface area contributed by atoms with Gasteiger partial charge in [-0.3, -0.25) is 4.79 Å². The highest BCUT2D eigenvalue weighted by molar-refractivity contribution is 14.1. The van der Waals surface area contributed by atoms with Gasteiger partial charge in [0.25, 0.3) is 5.91 Å². The fraction of sp³-hybridized carbons (Fsp3) is 0.364. The summed E-state index contributed by atoms with van der Waals surface area (Å²) in [5, 5.41) is 2.83. The minimum absolute atomic E-state index is 0.0106. The summed E-state index contributed by atoms with van der Waals surface area (Å²) in [5.74, 6) is -0.0640. The predicted molar refractivity (Wildman–Crippen MR) is 69.9 cm³/mol. The number of aryl methyl sites for hydroxylation is 1. The van der Waals surface area contributed by atoms with Crippen LogP contribution in [0.2, 0.25) is 0 Å². The Kier molecular flexibility index (Phi) is 4.53. The number of halogens is 1. The molecule has 0 aliphatic heterocycles. The fourth-order valence-corrected chi connectivity index (χ4v) is 1.62. The van der Waals surface area contributed by atoms with Gasteiger partial charge >= 0.3 is 0 Å². The third-order valence-electron chi connectivity index (χ3n) is 2.17. The zero-order chi connectivity index (χ0) is 11.4. The van der Waals surface area contributed by atoms with Gasteiger partial charge in [0.05, 0.1) is 0 Å². The third-order valence-corrected chi connectivity index (χ3v) is 3.33. The van der Waals surface area contributed by atoms with E-state index < -0.39 is 0 Å². The first-order valence-corrected chi connectivity index (χ1v) is 5.89. The van der Waals surface area contributed by atoms with Crippen LogP contribution in [0.4, 0.5) is 0 Å². The maximum absolute atomic E-state index is 11.7. The lowest BCUT2D eigenvalue weighted by atomic mass is 10.1. The maximum Gasteiger partial charge on any atom is 0.251 e. The van der Waals surface area contributed by atoms with Crippen molar-refractivity contribution in [2.24, 2.45) is 5.73 Å². The van der Waals surface area contributed by atoms with Gasteiger partial charge in [-0.15, -0.1) is 0 Å². The van der Waals surface area contributed by atoms with Crippen molar-refractivity contribution in [1.82, 2.24) is 5.32 Å². The Labute approximate surface area is 104 Å². The lowest BCUT2D eigenvalue weighted by Gasteiger charge is -2.11. The summed E-state index contributed by atoms with van der Waals surface area (Å²) < 4.78 is 1.10. The maximum atomic E-state index is 11.7. The summed E-state index contributed by atoms with van der Waals surface area (Å²) >= 11 is 2.22. The number of nitrogens with two attached hydrogens (primary N) is 1. The average molecular weight is 318 g/mol. The molecule has 3 N–H and O–H groups in total. The topological polar surface area (TPSA) is 55.1 Å². The molecule has 15 heavy (non-hydrogen) atoms. The normalized spacial score (nSPS) is 12.3. The number of amides is 1. The van der Waals surface area contributed by atoms with Crippen molar-refractivity contribution >= 4 is 28.5 Å². The lowest BCUT2D eigenvalue weighted by molar-refractivity contribution is 0.0941. The van der Waals surface area contributed by atoms with E-state index >= 15 is 0 Å². The summed E-state index contributed by atoms with van der Waals surface area (Å²) in [6.07, 6.45) is 0. The second-order valence-corrected chi connectivity index (χ2v) is 4.74. The molecular formula is C11H15IN2O. The Morgan fingerprint density at radius 2 is 2.27 bits per heavy atom. The van der Waals surface area contributed by atoms with E-state index in [1.807, 2.05) is 32.0 Å². The van der Waals surface area contributed by atoms with Crippen molar-refractivity contribution in [2.75, 3.05) is 6.54 Å². The molecule has 0 heterocycles. The zero-order valence-corrected chi connectivity index (χ0v) is 11.0. The monoisotopic (exact) mass is 318 g/mol. The SMILES string of the molecule is Cc1ccc(C(=O)N[C@H](C)CN)cc1I. The highest BCUT2D eigenvalue weighted by Gasteiger charge is 2.09. The number of carbonyl (C=O) groups excluding carboxylic acids is 1. The van der Waals surface area contributed by atoms with Gasteiger partial charge in [-0.05, 0) is 54.1 Å². The predicted octanol–water partition coefficient (Wildman–Crippen LogP) is 1.68. The van der Waals surface area contributed by atoms with Gasteiger partial charge in [-0.2, -0.15) is 0 Å². The first-order chi connectivity index (χ1) is 7.04. The molecule has 0 unspecified atom stereocenters. The molecule has 1 aromatic carbocycles. The Morgan fingerprint density at radius 3 is 2.80 bits per heavy atom. The number of benzene rings is 1. The van der Waals surface area contributed by atoms with Gasteiger partial charge in [0.15, 0.2) is 0 Å². The van der Waals surface area contributed by atoms with Crippen LogP contribution in [0.25, 0.3) is 0 Å². The molecule has 1 amide bonds. The first-order valence-electron chi connectivity index (χ1n) is 4.81. The Morgan fingerprint density at radius 1 is 1.60 bits per heavy atom. The second-order valence-electron chi connectivity index (χ2n) is 3.57. The Balaban J connectivity index is 2.78. The molecule has 0 aliphatic carbocycles. The van der Waals surface area contributed by atoms with Crippen LogP contribution in [0.1, 0.15) is 22.8 Å². The van der Waals surface area contributed by atoms with E-state index in [9.17, 15) is 4.79 Å². The van der Waals surface area contributed by atoms with Crippen LogP contribution in [0.5, 0.6) is 0 Å². The molecule has 0 bridgehead atoms. The fourth-order valence-electron chi connectivity index (χ4n) is 1.10. The average Bonchev–Trinajstić information content (AvgIpc) is 2.21. The van der Waals surface area contributed by atoms with Crippen LogP contribution in [0, 0.1) is 10.5 Å². The summed E-state index contributed by atoms with van der Waals surface area (Å²) in [5.41, 5.74) is 7.30. The standard InChI is InChI=1S/C11H15IN2O/c1-7-3-4-9(5-10(7)12)11(15)14-8(2)6-13/h3-5,8H,6,13H2,1-2H3,(H,14,15)/t8-/m1/s1. The van der Waals surface area contributed by atoms with Crippen LogP contribution >= 0.6 is 22.6 Å². The Hall–Kier alpha value is -0.620. The molecule has 0 saturated carbocycles. The largest absolute Gasteiger partial charge is 0.348 e. The molecule has 3 nitrogen and oxygen atoms in total. The van der Waals surface area contributed by atoms with Gasteiger partial charge in [-0.25, -0.2) is 0 Å². The van der Waals surface area contributed by atoms with Gasteiger partial charge in [0.2, 0.25) is 0 Å². The minimum atomic E-state index is -0.0640. The molecule has 0 aromatic heterocycles. The van der Waals surface area contributed by atoms with Gasteiger partial charge in [0.1, 0.15) is 0 Å². The van der Waals surface area contributed by atoms with Crippen LogP contribution in [0.3, 0.4) is 0 Å². The molecule has 0 spiro atoms. The molecule has 1 aromatic rings. The van der Waals surface area contributed by atoms with Crippen LogP contribution in [0.15, 0.2) is 18.2 Å². The van der Waals surface area contributed by atoms with Gasteiger partial charge in [0, 0.05) is 21.7 Å². The van der Waals surface area contributed by atoms with Crippen molar-refractivity contribution in [3.63, 3.8) is 0 Å². The molecule has 82 valence electrons. The molecule has 0 aliphatic rings. The number of nitrogens with one attached hydrogen (secondary N) is 1. The molecule has 0 fully saturated rings. The summed E-state index contributed by atoms with van der Waals surface area (Å²) in [6.45, 7) is 4.36. The van der Waals surface area contributed by atoms with E-state index in [2.05, 4.69) is 27.9 Å². The van der Waals surface area contributed by atoms with E-state index in [-0.39, 0.29) is 11.9 Å². The Bertz CT molecular complexity index is 366. The van der Waals surface area contributed by atoms with Crippen molar-refractivity contribution in [3.8, 4) is 0 Å². The number of hydrogen-bond acceptors (Lipinski definition) is 2. The molecular weight excluding hydrogens is 303 g/mol. The molecule has 4 heteroatoms. The van der Waals surface area contributed by atoms with Crippen LogP contribution in [-0.4, -0.2) is 18.5 Å².